The number of rotatable bonds is 3. The smallest absolute Gasteiger partial charge is 0.341 e. The molecular weight excluding hydrogens is 289 g/mol. The molecule has 4 nitrogen and oxygen atoms in total. The number of carboxylic acid groups (broad SMARTS) is 1. The molecule has 1 aromatic heterocycles. The van der Waals surface area contributed by atoms with E-state index in [1.165, 1.54) is 6.07 Å². The van der Waals surface area contributed by atoms with E-state index in [0.717, 1.165) is 0 Å². The van der Waals surface area contributed by atoms with Crippen LogP contribution in [-0.2, 0) is 0 Å². The second-order valence-electron chi connectivity index (χ2n) is 4.35. The summed E-state index contributed by atoms with van der Waals surface area (Å²) in [6, 6.07) is 4.78. The van der Waals surface area contributed by atoms with E-state index in [4.69, 9.17) is 27.7 Å². The average Bonchev–Trinajstić information content (AvgIpc) is 2.73. The molecule has 2 aromatic rings. The van der Waals surface area contributed by atoms with Gasteiger partial charge >= 0.3 is 5.97 Å². The zero-order valence-corrected chi connectivity index (χ0v) is 11.8. The Morgan fingerprint density at radius 1 is 1.37 bits per heavy atom. The van der Waals surface area contributed by atoms with E-state index in [1.807, 2.05) is 13.8 Å². The molecule has 0 unspecified atom stereocenters. The number of halogens is 2. The molecule has 0 spiro atoms. The maximum Gasteiger partial charge on any atom is 0.341 e. The van der Waals surface area contributed by atoms with Crippen molar-refractivity contribution in [2.75, 3.05) is 0 Å². The third kappa shape index (κ3) is 2.60. The monoisotopic (exact) mass is 299 g/mol. The second-order valence-corrected chi connectivity index (χ2v) is 5.20. The molecule has 0 amide bonds. The van der Waals surface area contributed by atoms with Gasteiger partial charge in [0.2, 0.25) is 0 Å². The van der Waals surface area contributed by atoms with E-state index in [2.05, 4.69) is 5.16 Å². The molecule has 0 atom stereocenters. The van der Waals surface area contributed by atoms with Gasteiger partial charge in [-0.1, -0.05) is 42.2 Å². The summed E-state index contributed by atoms with van der Waals surface area (Å²) in [4.78, 5) is 11.4. The Hall–Kier alpha value is -1.52. The van der Waals surface area contributed by atoms with Crippen LogP contribution in [0.5, 0.6) is 0 Å². The highest BCUT2D eigenvalue weighted by Crippen LogP contribution is 2.35. The van der Waals surface area contributed by atoms with Gasteiger partial charge in [-0.25, -0.2) is 4.79 Å². The predicted molar refractivity (Wildman–Crippen MR) is 73.0 cm³/mol. The number of carbonyl (C=O) groups is 1. The minimum Gasteiger partial charge on any atom is -0.477 e. The number of aromatic nitrogens is 1. The molecule has 0 aliphatic heterocycles. The third-order valence-electron chi connectivity index (χ3n) is 2.64. The van der Waals surface area contributed by atoms with E-state index in [0.29, 0.717) is 21.4 Å². The van der Waals surface area contributed by atoms with Crippen LogP contribution in [0.1, 0.15) is 35.9 Å². The first kappa shape index (κ1) is 13.9. The Morgan fingerprint density at radius 3 is 2.58 bits per heavy atom. The number of aromatic carboxylic acids is 1. The molecule has 6 heteroatoms. The normalized spacial score (nSPS) is 11.0. The summed E-state index contributed by atoms with van der Waals surface area (Å²) in [5, 5.41) is 14.0. The van der Waals surface area contributed by atoms with Crippen LogP contribution in [-0.4, -0.2) is 16.2 Å². The van der Waals surface area contributed by atoms with Crippen molar-refractivity contribution in [2.24, 2.45) is 0 Å². The first-order valence-corrected chi connectivity index (χ1v) is 6.35. The SMILES string of the molecule is CC(C)c1onc(-c2ccc(Cl)cc2Cl)c1C(=O)O. The summed E-state index contributed by atoms with van der Waals surface area (Å²) in [7, 11) is 0. The van der Waals surface area contributed by atoms with Crippen molar-refractivity contribution >= 4 is 29.2 Å². The van der Waals surface area contributed by atoms with Crippen LogP contribution in [0.3, 0.4) is 0 Å². The molecule has 100 valence electrons. The molecule has 0 bridgehead atoms. The van der Waals surface area contributed by atoms with E-state index in [9.17, 15) is 9.90 Å². The van der Waals surface area contributed by atoms with Gasteiger partial charge in [-0.15, -0.1) is 0 Å². The Kier molecular flexibility index (Phi) is 3.83. The molecule has 2 rings (SSSR count). The standard InChI is InChI=1S/C13H11Cl2NO3/c1-6(2)12-10(13(17)18)11(16-19-12)8-4-3-7(14)5-9(8)15/h3-6H,1-2H3,(H,17,18). The summed E-state index contributed by atoms with van der Waals surface area (Å²) in [5.74, 6) is -0.849. The lowest BCUT2D eigenvalue weighted by Crippen LogP contribution is -2.02. The van der Waals surface area contributed by atoms with Gasteiger partial charge in [-0.05, 0) is 18.2 Å². The molecule has 19 heavy (non-hydrogen) atoms. The Morgan fingerprint density at radius 2 is 2.05 bits per heavy atom. The number of benzene rings is 1. The topological polar surface area (TPSA) is 63.3 Å². The fourth-order valence-corrected chi connectivity index (χ4v) is 2.27. The molecular formula is C13H11Cl2NO3. The van der Waals surface area contributed by atoms with Gasteiger partial charge < -0.3 is 9.63 Å². The van der Waals surface area contributed by atoms with Gasteiger partial charge in [0, 0.05) is 16.5 Å². The molecule has 0 aliphatic carbocycles. The summed E-state index contributed by atoms with van der Waals surface area (Å²) in [5.41, 5.74) is 0.746. The third-order valence-corrected chi connectivity index (χ3v) is 3.19. The Balaban J connectivity index is 2.66. The van der Waals surface area contributed by atoms with Crippen LogP contribution in [0.15, 0.2) is 22.7 Å². The zero-order chi connectivity index (χ0) is 14.2. The number of carboxylic acids is 1. The molecule has 1 aromatic carbocycles. The molecule has 1 heterocycles. The van der Waals surface area contributed by atoms with Crippen LogP contribution in [0, 0.1) is 0 Å². The minimum absolute atomic E-state index is 0.0409. The number of hydrogen-bond donors (Lipinski definition) is 1. The molecule has 0 saturated heterocycles. The van der Waals surface area contributed by atoms with Gasteiger partial charge in [0.1, 0.15) is 11.3 Å². The summed E-state index contributed by atoms with van der Waals surface area (Å²) < 4.78 is 5.14. The molecule has 0 saturated carbocycles. The van der Waals surface area contributed by atoms with E-state index < -0.39 is 5.97 Å². The fourth-order valence-electron chi connectivity index (χ4n) is 1.77. The van der Waals surface area contributed by atoms with Gasteiger partial charge in [0.15, 0.2) is 5.76 Å². The minimum atomic E-state index is -1.09. The average molecular weight is 300 g/mol. The summed E-state index contributed by atoms with van der Waals surface area (Å²) >= 11 is 11.9. The van der Waals surface area contributed by atoms with Gasteiger partial charge in [-0.2, -0.15) is 0 Å². The molecule has 0 radical (unpaired) electrons. The molecule has 0 fully saturated rings. The van der Waals surface area contributed by atoms with Crippen molar-refractivity contribution in [3.63, 3.8) is 0 Å². The predicted octanol–water partition coefficient (Wildman–Crippen LogP) is 4.47. The highest BCUT2D eigenvalue weighted by atomic mass is 35.5. The first-order valence-electron chi connectivity index (χ1n) is 5.60. The van der Waals surface area contributed by atoms with Crippen LogP contribution in [0.2, 0.25) is 10.0 Å². The fraction of sp³-hybridized carbons (Fsp3) is 0.231. The van der Waals surface area contributed by atoms with Gasteiger partial charge in [0.05, 0.1) is 5.02 Å². The van der Waals surface area contributed by atoms with Crippen LogP contribution in [0.25, 0.3) is 11.3 Å². The van der Waals surface area contributed by atoms with E-state index in [1.54, 1.807) is 12.1 Å². The van der Waals surface area contributed by atoms with Crippen molar-refractivity contribution in [2.45, 2.75) is 19.8 Å². The number of hydrogen-bond acceptors (Lipinski definition) is 3. The zero-order valence-electron chi connectivity index (χ0n) is 10.3. The second kappa shape index (κ2) is 5.23. The summed E-state index contributed by atoms with van der Waals surface area (Å²) in [6.45, 7) is 3.67. The van der Waals surface area contributed by atoms with E-state index in [-0.39, 0.29) is 17.2 Å². The highest BCUT2D eigenvalue weighted by molar-refractivity contribution is 6.36. The van der Waals surface area contributed by atoms with Crippen LogP contribution in [0.4, 0.5) is 0 Å². The quantitative estimate of drug-likeness (QED) is 0.908. The van der Waals surface area contributed by atoms with Crippen molar-refractivity contribution < 1.29 is 14.4 Å². The maximum absolute atomic E-state index is 11.4. The summed E-state index contributed by atoms with van der Waals surface area (Å²) in [6.07, 6.45) is 0. The largest absolute Gasteiger partial charge is 0.477 e. The van der Waals surface area contributed by atoms with Crippen molar-refractivity contribution in [1.29, 1.82) is 0 Å². The Bertz CT molecular complexity index is 635. The molecule has 0 aliphatic rings. The van der Waals surface area contributed by atoms with Gasteiger partial charge in [-0.3, -0.25) is 0 Å². The molecule has 1 N–H and O–H groups in total. The van der Waals surface area contributed by atoms with Gasteiger partial charge in [0.25, 0.3) is 0 Å². The van der Waals surface area contributed by atoms with Crippen LogP contribution >= 0.6 is 23.2 Å². The maximum atomic E-state index is 11.4. The number of nitrogens with zero attached hydrogens (tertiary/aromatic N) is 1. The Labute approximate surface area is 119 Å². The van der Waals surface area contributed by atoms with Crippen molar-refractivity contribution in [3.05, 3.63) is 39.6 Å². The lowest BCUT2D eigenvalue weighted by Gasteiger charge is -2.04. The lowest BCUT2D eigenvalue weighted by molar-refractivity contribution is 0.0694. The van der Waals surface area contributed by atoms with Crippen molar-refractivity contribution in [3.8, 4) is 11.3 Å². The van der Waals surface area contributed by atoms with Crippen LogP contribution < -0.4 is 0 Å². The highest BCUT2D eigenvalue weighted by Gasteiger charge is 2.26. The van der Waals surface area contributed by atoms with Crippen molar-refractivity contribution in [1.82, 2.24) is 5.16 Å². The van der Waals surface area contributed by atoms with E-state index >= 15 is 0 Å². The first-order chi connectivity index (χ1) is 8.91. The lowest BCUT2D eigenvalue weighted by atomic mass is 10.0.